The Morgan fingerprint density at radius 1 is 1.42 bits per heavy atom. The number of aromatic nitrogens is 1. The van der Waals surface area contributed by atoms with Crippen molar-refractivity contribution < 1.29 is 24.5 Å². The van der Waals surface area contributed by atoms with Crippen LogP contribution in [0.25, 0.3) is 0 Å². The van der Waals surface area contributed by atoms with Gasteiger partial charge in [0.15, 0.2) is 0 Å². The molecule has 0 radical (unpaired) electrons. The minimum Gasteiger partial charge on any atom is -0.472 e. The van der Waals surface area contributed by atoms with Crippen molar-refractivity contribution in [1.29, 1.82) is 0 Å². The normalized spacial score (nSPS) is 22.8. The largest absolute Gasteiger partial charge is 0.472 e. The lowest BCUT2D eigenvalue weighted by molar-refractivity contribution is -0.131. The number of carbonyl (C=O) groups is 2. The summed E-state index contributed by atoms with van der Waals surface area (Å²) in [5, 5.41) is 20.3. The van der Waals surface area contributed by atoms with E-state index in [0.717, 1.165) is 12.8 Å². The van der Waals surface area contributed by atoms with E-state index >= 15 is 0 Å². The van der Waals surface area contributed by atoms with Crippen LogP contribution in [0.1, 0.15) is 68.8 Å². The standard InChI is InChI=1S/C25H35N3O5/c1-5-22(30)27(4)15-21-17(2)14-28(18(3)16-29)24(31)20-12-19(13-26-23(20)33-21)8-11-25(32)9-6-7-10-25/h12-13,17-18,21,29,32H,5-7,9-10,14-16H2,1-4H3/t17-,18+,21+/m0/s1. The predicted molar refractivity (Wildman–Crippen MR) is 124 cm³/mol. The molecular formula is C25H35N3O5. The Bertz CT molecular complexity index is 932. The molecule has 1 saturated carbocycles. The lowest BCUT2D eigenvalue weighted by atomic mass is 9.99. The van der Waals surface area contributed by atoms with Gasteiger partial charge in [-0.25, -0.2) is 4.98 Å². The smallest absolute Gasteiger partial charge is 0.259 e. The van der Waals surface area contributed by atoms with Crippen LogP contribution in [0.2, 0.25) is 0 Å². The van der Waals surface area contributed by atoms with Crippen molar-refractivity contribution in [2.75, 3.05) is 26.7 Å². The maximum atomic E-state index is 13.4. The van der Waals surface area contributed by atoms with E-state index in [9.17, 15) is 19.8 Å². The van der Waals surface area contributed by atoms with Crippen molar-refractivity contribution in [3.05, 3.63) is 23.4 Å². The molecule has 1 aliphatic heterocycles. The highest BCUT2D eigenvalue weighted by Gasteiger charge is 2.34. The molecule has 3 atom stereocenters. The molecule has 1 aromatic heterocycles. The van der Waals surface area contributed by atoms with E-state index in [-0.39, 0.29) is 41.9 Å². The number of nitrogens with zero attached hydrogens (tertiary/aromatic N) is 3. The fourth-order valence-electron chi connectivity index (χ4n) is 4.30. The molecule has 2 heterocycles. The zero-order chi connectivity index (χ0) is 24.2. The number of hydrogen-bond donors (Lipinski definition) is 2. The molecule has 8 nitrogen and oxygen atoms in total. The number of likely N-dealkylation sites (N-methyl/N-ethyl adjacent to an activating group) is 1. The first kappa shape index (κ1) is 25.0. The van der Waals surface area contributed by atoms with Gasteiger partial charge in [0, 0.05) is 37.7 Å². The van der Waals surface area contributed by atoms with Crippen molar-refractivity contribution in [1.82, 2.24) is 14.8 Å². The fraction of sp³-hybridized carbons (Fsp3) is 0.640. The van der Waals surface area contributed by atoms with Crippen LogP contribution in [0.3, 0.4) is 0 Å². The molecule has 0 bridgehead atoms. The van der Waals surface area contributed by atoms with Gasteiger partial charge in [-0.2, -0.15) is 0 Å². The number of pyridine rings is 1. The number of aliphatic hydroxyl groups excluding tert-OH is 1. The molecule has 2 N–H and O–H groups in total. The van der Waals surface area contributed by atoms with Crippen LogP contribution in [0.4, 0.5) is 0 Å². The molecule has 0 spiro atoms. The molecule has 2 amide bonds. The van der Waals surface area contributed by atoms with Crippen LogP contribution in [0, 0.1) is 17.8 Å². The minimum atomic E-state index is -0.987. The van der Waals surface area contributed by atoms with E-state index in [1.54, 1.807) is 36.0 Å². The summed E-state index contributed by atoms with van der Waals surface area (Å²) in [6.45, 7) is 6.13. The molecule has 3 rings (SSSR count). The topological polar surface area (TPSA) is 103 Å². The van der Waals surface area contributed by atoms with Crippen molar-refractivity contribution in [3.63, 3.8) is 0 Å². The van der Waals surface area contributed by atoms with Crippen LogP contribution in [-0.2, 0) is 4.79 Å². The van der Waals surface area contributed by atoms with Gasteiger partial charge in [0.25, 0.3) is 5.91 Å². The Kier molecular flexibility index (Phi) is 7.98. The molecule has 0 saturated heterocycles. The summed E-state index contributed by atoms with van der Waals surface area (Å²) in [6, 6.07) is 1.25. The Labute approximate surface area is 195 Å². The second-order valence-corrected chi connectivity index (χ2v) is 9.32. The van der Waals surface area contributed by atoms with Crippen LogP contribution < -0.4 is 4.74 Å². The maximum absolute atomic E-state index is 13.4. The third-order valence-corrected chi connectivity index (χ3v) is 6.57. The van der Waals surface area contributed by atoms with Crippen molar-refractivity contribution >= 4 is 11.8 Å². The summed E-state index contributed by atoms with van der Waals surface area (Å²) < 4.78 is 6.19. The first-order valence-corrected chi connectivity index (χ1v) is 11.8. The predicted octanol–water partition coefficient (Wildman–Crippen LogP) is 1.83. The number of hydrogen-bond acceptors (Lipinski definition) is 6. The fourth-order valence-corrected chi connectivity index (χ4v) is 4.30. The van der Waals surface area contributed by atoms with E-state index in [4.69, 9.17) is 4.74 Å². The van der Waals surface area contributed by atoms with Gasteiger partial charge in [0.1, 0.15) is 17.3 Å². The Morgan fingerprint density at radius 2 is 2.12 bits per heavy atom. The molecule has 0 aromatic carbocycles. The molecule has 1 aromatic rings. The van der Waals surface area contributed by atoms with Gasteiger partial charge in [-0.15, -0.1) is 0 Å². The van der Waals surface area contributed by atoms with E-state index < -0.39 is 11.6 Å². The average Bonchev–Trinajstić information content (AvgIpc) is 3.25. The number of ether oxygens (including phenoxy) is 1. The van der Waals surface area contributed by atoms with E-state index in [1.807, 2.05) is 13.8 Å². The van der Waals surface area contributed by atoms with Crippen LogP contribution >= 0.6 is 0 Å². The summed E-state index contributed by atoms with van der Waals surface area (Å²) >= 11 is 0. The first-order chi connectivity index (χ1) is 15.7. The van der Waals surface area contributed by atoms with Crippen molar-refractivity contribution in [2.45, 2.75) is 70.6 Å². The highest BCUT2D eigenvalue weighted by atomic mass is 16.5. The van der Waals surface area contributed by atoms with Crippen LogP contribution in [0.15, 0.2) is 12.3 Å². The van der Waals surface area contributed by atoms with Gasteiger partial charge in [-0.1, -0.05) is 25.7 Å². The first-order valence-electron chi connectivity index (χ1n) is 11.8. The summed E-state index contributed by atoms with van der Waals surface area (Å²) in [5.74, 6) is 5.73. The van der Waals surface area contributed by atoms with Gasteiger partial charge in [0.05, 0.1) is 19.2 Å². The summed E-state index contributed by atoms with van der Waals surface area (Å²) in [4.78, 5) is 33.2. The average molecular weight is 458 g/mol. The monoisotopic (exact) mass is 457 g/mol. The Morgan fingerprint density at radius 3 is 2.76 bits per heavy atom. The Hall–Kier alpha value is -2.63. The second kappa shape index (κ2) is 10.5. The quantitative estimate of drug-likeness (QED) is 0.654. The summed E-state index contributed by atoms with van der Waals surface area (Å²) in [5.41, 5.74) is -0.202. The third-order valence-electron chi connectivity index (χ3n) is 6.57. The van der Waals surface area contributed by atoms with Gasteiger partial charge in [0.2, 0.25) is 11.8 Å². The lowest BCUT2D eigenvalue weighted by Crippen LogP contribution is -2.50. The zero-order valence-electron chi connectivity index (χ0n) is 20.0. The third kappa shape index (κ3) is 5.84. The van der Waals surface area contributed by atoms with Crippen molar-refractivity contribution in [2.24, 2.45) is 5.92 Å². The van der Waals surface area contributed by atoms with Crippen LogP contribution in [-0.4, -0.2) is 81.3 Å². The van der Waals surface area contributed by atoms with E-state index in [1.165, 1.54) is 0 Å². The number of aliphatic hydroxyl groups is 2. The molecule has 8 heteroatoms. The molecule has 33 heavy (non-hydrogen) atoms. The molecular weight excluding hydrogens is 422 g/mol. The van der Waals surface area contributed by atoms with Crippen molar-refractivity contribution in [3.8, 4) is 17.7 Å². The van der Waals surface area contributed by atoms with Gasteiger partial charge < -0.3 is 24.7 Å². The van der Waals surface area contributed by atoms with Gasteiger partial charge in [-0.3, -0.25) is 9.59 Å². The highest BCUT2D eigenvalue weighted by Crippen LogP contribution is 2.30. The molecule has 2 aliphatic rings. The van der Waals surface area contributed by atoms with E-state index in [2.05, 4.69) is 16.8 Å². The number of carbonyl (C=O) groups excluding carboxylic acids is 2. The summed E-state index contributed by atoms with van der Waals surface area (Å²) in [7, 11) is 1.74. The van der Waals surface area contributed by atoms with Gasteiger partial charge in [-0.05, 0) is 38.7 Å². The van der Waals surface area contributed by atoms with E-state index in [0.29, 0.717) is 37.9 Å². The number of amides is 2. The zero-order valence-corrected chi connectivity index (χ0v) is 20.0. The minimum absolute atomic E-state index is 0.00756. The molecule has 1 aliphatic carbocycles. The molecule has 0 unspecified atom stereocenters. The number of fused-ring (bicyclic) bond motifs is 1. The molecule has 1 fully saturated rings. The lowest BCUT2D eigenvalue weighted by Gasteiger charge is -2.37. The number of rotatable bonds is 5. The highest BCUT2D eigenvalue weighted by molar-refractivity contribution is 5.97. The maximum Gasteiger partial charge on any atom is 0.259 e. The Balaban J connectivity index is 1.97. The molecule has 180 valence electrons. The SMILES string of the molecule is CCC(=O)N(C)C[C@H]1Oc2ncc(C#CC3(O)CCCC3)cc2C(=O)N([C@H](C)CO)C[C@@H]1C. The van der Waals surface area contributed by atoms with Gasteiger partial charge >= 0.3 is 0 Å². The second-order valence-electron chi connectivity index (χ2n) is 9.32. The van der Waals surface area contributed by atoms with Crippen LogP contribution in [0.5, 0.6) is 5.88 Å². The summed E-state index contributed by atoms with van der Waals surface area (Å²) in [6.07, 6.45) is 4.74.